The van der Waals surface area contributed by atoms with Gasteiger partial charge < -0.3 is 10.2 Å². The van der Waals surface area contributed by atoms with Crippen LogP contribution in [0.15, 0.2) is 0 Å². The van der Waals surface area contributed by atoms with Crippen LogP contribution in [0.5, 0.6) is 0 Å². The van der Waals surface area contributed by atoms with Gasteiger partial charge in [-0.3, -0.25) is 0 Å². The summed E-state index contributed by atoms with van der Waals surface area (Å²) in [7, 11) is 0. The molecule has 0 aromatic rings. The number of aliphatic carboxylic acids is 1. The van der Waals surface area contributed by atoms with E-state index < -0.39 is 22.3 Å². The lowest BCUT2D eigenvalue weighted by atomic mass is 10.3. The number of hydrogen-bond donors (Lipinski definition) is 2. The van der Waals surface area contributed by atoms with Gasteiger partial charge in [0.1, 0.15) is 0 Å². The highest BCUT2D eigenvalue weighted by Gasteiger charge is 2.27. The molecule has 2 N–H and O–H groups in total. The minimum atomic E-state index is -1.71. The lowest BCUT2D eigenvalue weighted by Gasteiger charge is -2.11. The summed E-state index contributed by atoms with van der Waals surface area (Å²) in [6.07, 6.45) is -2.03. The number of aliphatic hydroxyl groups excluding tert-OH is 1. The predicted molar refractivity (Wildman–Crippen MR) is 38.5 cm³/mol. The maximum absolute atomic E-state index is 9.95. The first kappa shape index (κ1) is 10.3. The van der Waals surface area contributed by atoms with Crippen LogP contribution in [-0.2, 0) is 4.79 Å². The fourth-order valence-corrected chi connectivity index (χ4v) is 0.745. The Hall–Kier alpha value is 0.300. The van der Waals surface area contributed by atoms with Crippen molar-refractivity contribution in [2.75, 3.05) is 0 Å². The lowest BCUT2D eigenvalue weighted by molar-refractivity contribution is -0.146. The molecule has 1 atom stereocenters. The van der Waals surface area contributed by atoms with Crippen molar-refractivity contribution >= 4 is 40.8 Å². The molecule has 6 heteroatoms. The summed E-state index contributed by atoms with van der Waals surface area (Å²) in [5.74, 6) is -1.40. The van der Waals surface area contributed by atoms with Gasteiger partial charge in [0.15, 0.2) is 9.90 Å². The molecule has 0 rings (SSSR count). The summed E-state index contributed by atoms with van der Waals surface area (Å²) >= 11 is 15.5. The molecule has 10 heavy (non-hydrogen) atoms. The maximum Gasteiger partial charge on any atom is 0.332 e. The molecule has 60 valence electrons. The van der Waals surface area contributed by atoms with E-state index >= 15 is 0 Å². The summed E-state index contributed by atoms with van der Waals surface area (Å²) in [5, 5.41) is 16.7. The van der Waals surface area contributed by atoms with Crippen molar-refractivity contribution < 1.29 is 15.0 Å². The molecule has 0 aliphatic rings. The summed E-state index contributed by atoms with van der Waals surface area (Å²) < 4.78 is -1.71. The van der Waals surface area contributed by atoms with Crippen LogP contribution in [0.4, 0.5) is 0 Å². The van der Waals surface area contributed by atoms with Gasteiger partial charge in [-0.05, 0) is 0 Å². The zero-order valence-electron chi connectivity index (χ0n) is 4.72. The normalized spacial score (nSPS) is 14.8. The number of aliphatic hydroxyl groups is 1. The van der Waals surface area contributed by atoms with Crippen molar-refractivity contribution in [2.24, 2.45) is 0 Å². The standard InChI is InChI=1S/C4H5Cl3O3/c5-4(6,7)1-2(8)3(9)10/h2,8H,1H2,(H,9,10). The molecule has 0 spiro atoms. The fraction of sp³-hybridized carbons (Fsp3) is 0.750. The van der Waals surface area contributed by atoms with E-state index in [0.717, 1.165) is 0 Å². The van der Waals surface area contributed by atoms with Gasteiger partial charge >= 0.3 is 5.97 Å². The molecule has 3 nitrogen and oxygen atoms in total. The molecule has 0 saturated carbocycles. The van der Waals surface area contributed by atoms with Crippen molar-refractivity contribution in [2.45, 2.75) is 16.3 Å². The highest BCUT2D eigenvalue weighted by Crippen LogP contribution is 2.31. The van der Waals surface area contributed by atoms with Crippen LogP contribution in [-0.4, -0.2) is 26.1 Å². The fourth-order valence-electron chi connectivity index (χ4n) is 0.307. The number of rotatable bonds is 2. The molecule has 0 fully saturated rings. The van der Waals surface area contributed by atoms with Crippen molar-refractivity contribution in [1.82, 2.24) is 0 Å². The molecule has 0 heterocycles. The molecular weight excluding hydrogens is 202 g/mol. The van der Waals surface area contributed by atoms with Gasteiger partial charge in [-0.25, -0.2) is 4.79 Å². The zero-order valence-corrected chi connectivity index (χ0v) is 6.99. The van der Waals surface area contributed by atoms with E-state index in [1.165, 1.54) is 0 Å². The number of hydrogen-bond acceptors (Lipinski definition) is 2. The second-order valence-electron chi connectivity index (χ2n) is 1.67. The Labute approximate surface area is 72.5 Å². The van der Waals surface area contributed by atoms with E-state index in [1.54, 1.807) is 0 Å². The third kappa shape index (κ3) is 5.11. The zero-order chi connectivity index (χ0) is 8.36. The Morgan fingerprint density at radius 1 is 1.50 bits per heavy atom. The molecule has 0 aliphatic heterocycles. The predicted octanol–water partition coefficient (Wildman–Crippen LogP) is 1.19. The number of alkyl halides is 3. The summed E-state index contributed by atoms with van der Waals surface area (Å²) in [6, 6.07) is 0. The van der Waals surface area contributed by atoms with E-state index in [2.05, 4.69) is 0 Å². The van der Waals surface area contributed by atoms with E-state index in [0.29, 0.717) is 0 Å². The first-order valence-electron chi connectivity index (χ1n) is 2.30. The smallest absolute Gasteiger partial charge is 0.332 e. The van der Waals surface area contributed by atoms with Gasteiger partial charge in [-0.15, -0.1) is 0 Å². The Kier molecular flexibility index (Phi) is 3.73. The van der Waals surface area contributed by atoms with Crippen LogP contribution < -0.4 is 0 Å². The Bertz CT molecular complexity index is 130. The number of halogens is 3. The van der Waals surface area contributed by atoms with Gasteiger partial charge in [-0.1, -0.05) is 34.8 Å². The quantitative estimate of drug-likeness (QED) is 0.669. The third-order valence-electron chi connectivity index (χ3n) is 0.710. The average molecular weight is 207 g/mol. The van der Waals surface area contributed by atoms with Crippen LogP contribution in [0, 0.1) is 0 Å². The van der Waals surface area contributed by atoms with Crippen molar-refractivity contribution in [3.8, 4) is 0 Å². The largest absolute Gasteiger partial charge is 0.479 e. The number of carboxylic acids is 1. The Balaban J connectivity index is 3.80. The molecular formula is C4H5Cl3O3. The third-order valence-corrected chi connectivity index (χ3v) is 1.17. The minimum absolute atomic E-state index is 0.410. The van der Waals surface area contributed by atoms with Gasteiger partial charge in [0, 0.05) is 6.42 Å². The van der Waals surface area contributed by atoms with Crippen molar-refractivity contribution in [3.05, 3.63) is 0 Å². The second-order valence-corrected chi connectivity index (χ2v) is 4.19. The number of carbonyl (C=O) groups is 1. The summed E-state index contributed by atoms with van der Waals surface area (Å²) in [5.41, 5.74) is 0. The van der Waals surface area contributed by atoms with Gasteiger partial charge in [0.05, 0.1) is 0 Å². The molecule has 1 unspecified atom stereocenters. The minimum Gasteiger partial charge on any atom is -0.479 e. The van der Waals surface area contributed by atoms with Gasteiger partial charge in [0.2, 0.25) is 0 Å². The molecule has 0 aromatic heterocycles. The molecule has 0 aromatic carbocycles. The Morgan fingerprint density at radius 3 is 2.00 bits per heavy atom. The van der Waals surface area contributed by atoms with E-state index in [4.69, 9.17) is 45.0 Å². The van der Waals surface area contributed by atoms with Gasteiger partial charge in [0.25, 0.3) is 0 Å². The molecule has 0 saturated heterocycles. The van der Waals surface area contributed by atoms with Crippen LogP contribution >= 0.6 is 34.8 Å². The topological polar surface area (TPSA) is 57.5 Å². The Morgan fingerprint density at radius 2 is 1.90 bits per heavy atom. The highest BCUT2D eigenvalue weighted by molar-refractivity contribution is 6.67. The van der Waals surface area contributed by atoms with Crippen LogP contribution in [0.25, 0.3) is 0 Å². The monoisotopic (exact) mass is 206 g/mol. The molecule has 0 bridgehead atoms. The summed E-state index contributed by atoms with van der Waals surface area (Å²) in [4.78, 5) is 9.95. The number of carboxylic acid groups (broad SMARTS) is 1. The van der Waals surface area contributed by atoms with Crippen LogP contribution in [0.3, 0.4) is 0 Å². The maximum atomic E-state index is 9.95. The van der Waals surface area contributed by atoms with E-state index in [1.807, 2.05) is 0 Å². The average Bonchev–Trinajstić information content (AvgIpc) is 1.60. The summed E-state index contributed by atoms with van der Waals surface area (Å²) in [6.45, 7) is 0. The van der Waals surface area contributed by atoms with Crippen molar-refractivity contribution in [1.29, 1.82) is 0 Å². The SMILES string of the molecule is O=C(O)C(O)CC(Cl)(Cl)Cl. The van der Waals surface area contributed by atoms with Crippen LogP contribution in [0.1, 0.15) is 6.42 Å². The van der Waals surface area contributed by atoms with Gasteiger partial charge in [-0.2, -0.15) is 0 Å². The molecule has 0 radical (unpaired) electrons. The lowest BCUT2D eigenvalue weighted by Crippen LogP contribution is -2.25. The molecule has 0 amide bonds. The highest BCUT2D eigenvalue weighted by atomic mass is 35.6. The second kappa shape index (κ2) is 3.62. The van der Waals surface area contributed by atoms with E-state index in [9.17, 15) is 4.79 Å². The first-order valence-corrected chi connectivity index (χ1v) is 3.44. The molecule has 0 aliphatic carbocycles. The van der Waals surface area contributed by atoms with Crippen LogP contribution in [0.2, 0.25) is 0 Å². The first-order chi connectivity index (χ1) is 4.33. The van der Waals surface area contributed by atoms with E-state index in [-0.39, 0.29) is 0 Å². The van der Waals surface area contributed by atoms with Crippen molar-refractivity contribution in [3.63, 3.8) is 0 Å².